The zero-order chi connectivity index (χ0) is 14.8. The fourth-order valence-corrected chi connectivity index (χ4v) is 4.31. The van der Waals surface area contributed by atoms with E-state index in [1.165, 1.54) is 6.07 Å². The molecule has 4 nitrogen and oxygen atoms in total. The van der Waals surface area contributed by atoms with E-state index < -0.39 is 15.8 Å². The number of nitrogens with one attached hydrogen (secondary N) is 1. The van der Waals surface area contributed by atoms with Crippen LogP contribution < -0.4 is 10.5 Å². The van der Waals surface area contributed by atoms with Crippen LogP contribution in [-0.4, -0.2) is 21.0 Å². The largest absolute Gasteiger partial charge is 0.329 e. The van der Waals surface area contributed by atoms with Gasteiger partial charge in [0.1, 0.15) is 5.82 Å². The Labute approximate surface area is 135 Å². The van der Waals surface area contributed by atoms with Gasteiger partial charge in [-0.2, -0.15) is 0 Å². The van der Waals surface area contributed by atoms with Gasteiger partial charge < -0.3 is 5.73 Å². The third kappa shape index (κ3) is 4.79. The molecule has 0 saturated heterocycles. The van der Waals surface area contributed by atoms with Crippen LogP contribution >= 0.6 is 24.0 Å². The lowest BCUT2D eigenvalue weighted by Crippen LogP contribution is -2.44. The lowest BCUT2D eigenvalue weighted by Gasteiger charge is -2.23. The highest BCUT2D eigenvalue weighted by Crippen LogP contribution is 2.28. The molecule has 0 aliphatic heterocycles. The molecule has 0 aromatic heterocycles. The van der Waals surface area contributed by atoms with Gasteiger partial charge in [0.05, 0.1) is 4.90 Å². The molecule has 0 heterocycles. The predicted molar refractivity (Wildman–Crippen MR) is 83.8 cm³/mol. The molecule has 1 atom stereocenters. The smallest absolute Gasteiger partial charge is 0.241 e. The first-order valence-corrected chi connectivity index (χ1v) is 8.47. The summed E-state index contributed by atoms with van der Waals surface area (Å²) in [5, 5.41) is 0.0514. The van der Waals surface area contributed by atoms with Crippen molar-refractivity contribution in [3.05, 3.63) is 29.0 Å². The standard InChI is InChI=1S/C13H18ClFN2O2S.ClH/c14-10-5-11(15)7-12(6-10)20(18,19)17-13(8-16)9-3-1-2-4-9;/h5-7,9,13,17H,1-4,8,16H2;1H. The van der Waals surface area contributed by atoms with Crippen LogP contribution in [0.25, 0.3) is 0 Å². The Morgan fingerprint density at radius 1 is 1.33 bits per heavy atom. The van der Waals surface area contributed by atoms with Crippen molar-refractivity contribution < 1.29 is 12.8 Å². The van der Waals surface area contributed by atoms with E-state index in [4.69, 9.17) is 17.3 Å². The van der Waals surface area contributed by atoms with Gasteiger partial charge in [-0.15, -0.1) is 12.4 Å². The number of halogens is 3. The van der Waals surface area contributed by atoms with Gasteiger partial charge in [0.25, 0.3) is 0 Å². The molecule has 1 aromatic rings. The number of hydrogen-bond acceptors (Lipinski definition) is 3. The monoisotopic (exact) mass is 356 g/mol. The topological polar surface area (TPSA) is 72.2 Å². The molecule has 1 unspecified atom stereocenters. The maximum Gasteiger partial charge on any atom is 0.241 e. The molecule has 0 radical (unpaired) electrons. The van der Waals surface area contributed by atoms with Gasteiger partial charge in [-0.1, -0.05) is 24.4 Å². The second-order valence-electron chi connectivity index (χ2n) is 5.11. The molecule has 1 fully saturated rings. The van der Waals surface area contributed by atoms with E-state index in [0.717, 1.165) is 37.8 Å². The first-order valence-electron chi connectivity index (χ1n) is 6.61. The Morgan fingerprint density at radius 3 is 2.48 bits per heavy atom. The van der Waals surface area contributed by atoms with Crippen LogP contribution in [-0.2, 0) is 10.0 Å². The van der Waals surface area contributed by atoms with Crippen LogP contribution in [0.4, 0.5) is 4.39 Å². The molecular weight excluding hydrogens is 338 g/mol. The summed E-state index contributed by atoms with van der Waals surface area (Å²) in [6.45, 7) is 0.229. The summed E-state index contributed by atoms with van der Waals surface area (Å²) in [6.07, 6.45) is 4.12. The average molecular weight is 357 g/mol. The van der Waals surface area contributed by atoms with Crippen molar-refractivity contribution in [2.75, 3.05) is 6.54 Å². The lowest BCUT2D eigenvalue weighted by molar-refractivity contribution is 0.405. The van der Waals surface area contributed by atoms with Crippen LogP contribution in [0.5, 0.6) is 0 Å². The fourth-order valence-electron chi connectivity index (χ4n) is 2.65. The summed E-state index contributed by atoms with van der Waals surface area (Å²) in [7, 11) is -3.81. The maximum atomic E-state index is 13.3. The molecule has 1 saturated carbocycles. The van der Waals surface area contributed by atoms with Gasteiger partial charge in [0.2, 0.25) is 10.0 Å². The van der Waals surface area contributed by atoms with E-state index in [9.17, 15) is 12.8 Å². The average Bonchev–Trinajstić information content (AvgIpc) is 2.88. The first kappa shape index (κ1) is 18.6. The van der Waals surface area contributed by atoms with Gasteiger partial charge in [-0.05, 0) is 37.0 Å². The van der Waals surface area contributed by atoms with E-state index in [0.29, 0.717) is 0 Å². The number of sulfonamides is 1. The zero-order valence-corrected chi connectivity index (χ0v) is 13.8. The Hall–Kier alpha value is -0.400. The summed E-state index contributed by atoms with van der Waals surface area (Å²) in [5.74, 6) is -0.429. The van der Waals surface area contributed by atoms with Gasteiger partial charge in [0.15, 0.2) is 0 Å². The van der Waals surface area contributed by atoms with E-state index in [2.05, 4.69) is 4.72 Å². The molecule has 0 amide bonds. The highest BCUT2D eigenvalue weighted by atomic mass is 35.5. The van der Waals surface area contributed by atoms with Crippen LogP contribution in [0.15, 0.2) is 23.1 Å². The molecule has 2 rings (SSSR count). The van der Waals surface area contributed by atoms with Crippen molar-refractivity contribution in [1.29, 1.82) is 0 Å². The summed E-state index contributed by atoms with van der Waals surface area (Å²) in [4.78, 5) is -0.168. The quantitative estimate of drug-likeness (QED) is 0.851. The van der Waals surface area contributed by atoms with Crippen LogP contribution in [0, 0.1) is 11.7 Å². The van der Waals surface area contributed by atoms with Crippen molar-refractivity contribution >= 4 is 34.0 Å². The minimum Gasteiger partial charge on any atom is -0.329 e. The van der Waals surface area contributed by atoms with Gasteiger partial charge in [0, 0.05) is 17.6 Å². The van der Waals surface area contributed by atoms with Crippen molar-refractivity contribution in [2.45, 2.75) is 36.6 Å². The van der Waals surface area contributed by atoms with Crippen LogP contribution in [0.1, 0.15) is 25.7 Å². The zero-order valence-electron chi connectivity index (χ0n) is 11.4. The molecule has 0 bridgehead atoms. The minimum absolute atomic E-state index is 0. The van der Waals surface area contributed by atoms with Gasteiger partial charge in [-0.3, -0.25) is 0 Å². The van der Waals surface area contributed by atoms with E-state index in [1.54, 1.807) is 0 Å². The minimum atomic E-state index is -3.81. The SMILES string of the molecule is Cl.NCC(NS(=O)(=O)c1cc(F)cc(Cl)c1)C1CCCC1. The molecular formula is C13H19Cl2FN2O2S. The Bertz CT molecular complexity index is 557. The Morgan fingerprint density at radius 2 is 1.95 bits per heavy atom. The first-order chi connectivity index (χ1) is 9.42. The summed E-state index contributed by atoms with van der Waals surface area (Å²) >= 11 is 5.70. The summed E-state index contributed by atoms with van der Waals surface area (Å²) in [5.41, 5.74) is 5.67. The highest BCUT2D eigenvalue weighted by Gasteiger charge is 2.28. The van der Waals surface area contributed by atoms with Crippen molar-refractivity contribution in [3.8, 4) is 0 Å². The van der Waals surface area contributed by atoms with Gasteiger partial charge in [-0.25, -0.2) is 17.5 Å². The molecule has 1 aromatic carbocycles. The number of rotatable bonds is 5. The third-order valence-electron chi connectivity index (χ3n) is 3.68. The summed E-state index contributed by atoms with van der Waals surface area (Å²) in [6, 6.07) is 2.94. The third-order valence-corrected chi connectivity index (χ3v) is 5.36. The molecule has 3 N–H and O–H groups in total. The fraction of sp³-hybridized carbons (Fsp3) is 0.538. The number of hydrogen-bond donors (Lipinski definition) is 2. The molecule has 1 aliphatic carbocycles. The maximum absolute atomic E-state index is 13.3. The predicted octanol–water partition coefficient (Wildman–Crippen LogP) is 2.70. The number of nitrogens with two attached hydrogens (primary N) is 1. The Balaban J connectivity index is 0.00000220. The van der Waals surface area contributed by atoms with Crippen LogP contribution in [0.2, 0.25) is 5.02 Å². The Kier molecular flexibility index (Phi) is 6.87. The van der Waals surface area contributed by atoms with Crippen molar-refractivity contribution in [2.24, 2.45) is 11.7 Å². The second-order valence-corrected chi connectivity index (χ2v) is 7.26. The van der Waals surface area contributed by atoms with Crippen LogP contribution in [0.3, 0.4) is 0 Å². The molecule has 0 spiro atoms. The summed E-state index contributed by atoms with van der Waals surface area (Å²) < 4.78 is 40.4. The molecule has 21 heavy (non-hydrogen) atoms. The van der Waals surface area contributed by atoms with E-state index in [1.807, 2.05) is 0 Å². The molecule has 120 valence electrons. The van der Waals surface area contributed by atoms with Crippen molar-refractivity contribution in [3.63, 3.8) is 0 Å². The molecule has 1 aliphatic rings. The normalized spacial score (nSPS) is 17.5. The van der Waals surface area contributed by atoms with E-state index >= 15 is 0 Å². The van der Waals surface area contributed by atoms with Gasteiger partial charge >= 0.3 is 0 Å². The van der Waals surface area contributed by atoms with Crippen molar-refractivity contribution in [1.82, 2.24) is 4.72 Å². The lowest BCUT2D eigenvalue weighted by atomic mass is 9.99. The second kappa shape index (κ2) is 7.74. The highest BCUT2D eigenvalue weighted by molar-refractivity contribution is 7.89. The number of benzene rings is 1. The van der Waals surface area contributed by atoms with E-state index in [-0.39, 0.29) is 40.8 Å². The molecule has 8 heteroatoms.